The molecular formula is C13H15N5O3. The molecule has 0 unspecified atom stereocenters. The highest BCUT2D eigenvalue weighted by molar-refractivity contribution is 6.07. The predicted octanol–water partition coefficient (Wildman–Crippen LogP) is 2.21. The Morgan fingerprint density at radius 2 is 2.14 bits per heavy atom. The van der Waals surface area contributed by atoms with Crippen molar-refractivity contribution in [3.63, 3.8) is 0 Å². The fraction of sp³-hybridized carbons (Fsp3) is 0.231. The minimum Gasteiger partial charge on any atom is -0.398 e. The molecule has 8 nitrogen and oxygen atoms in total. The van der Waals surface area contributed by atoms with E-state index < -0.39 is 10.8 Å². The zero-order chi connectivity index (χ0) is 15.6. The fourth-order valence-electron chi connectivity index (χ4n) is 1.86. The molecule has 110 valence electrons. The van der Waals surface area contributed by atoms with E-state index >= 15 is 0 Å². The molecule has 0 bridgehead atoms. The number of carbonyl (C=O) groups excluding carboxylic acids is 1. The van der Waals surface area contributed by atoms with E-state index in [0.717, 1.165) is 6.07 Å². The van der Waals surface area contributed by atoms with Gasteiger partial charge in [-0.2, -0.15) is 5.10 Å². The molecule has 0 saturated carbocycles. The van der Waals surface area contributed by atoms with Crippen LogP contribution in [0.3, 0.4) is 0 Å². The van der Waals surface area contributed by atoms with Gasteiger partial charge in [0.25, 0.3) is 11.6 Å². The van der Waals surface area contributed by atoms with Crippen molar-refractivity contribution in [1.82, 2.24) is 9.78 Å². The lowest BCUT2D eigenvalue weighted by Gasteiger charge is -2.12. The van der Waals surface area contributed by atoms with Gasteiger partial charge in [-0.3, -0.25) is 14.9 Å². The molecule has 0 aliphatic rings. The number of hydrogen-bond donors (Lipinski definition) is 2. The number of nitro groups is 1. The number of non-ortho nitro benzene ring substituents is 1. The summed E-state index contributed by atoms with van der Waals surface area (Å²) in [4.78, 5) is 22.4. The molecule has 0 fully saturated rings. The summed E-state index contributed by atoms with van der Waals surface area (Å²) in [6.45, 7) is 3.84. The smallest absolute Gasteiger partial charge is 0.270 e. The maximum atomic E-state index is 12.2. The average molecular weight is 289 g/mol. The first-order valence-corrected chi connectivity index (χ1v) is 6.29. The molecule has 0 aliphatic carbocycles. The van der Waals surface area contributed by atoms with E-state index in [2.05, 4.69) is 10.4 Å². The Morgan fingerprint density at radius 1 is 1.43 bits per heavy atom. The van der Waals surface area contributed by atoms with Crippen molar-refractivity contribution in [2.24, 2.45) is 0 Å². The van der Waals surface area contributed by atoms with Crippen LogP contribution in [-0.4, -0.2) is 20.6 Å². The Hall–Kier alpha value is -2.90. The molecule has 21 heavy (non-hydrogen) atoms. The summed E-state index contributed by atoms with van der Waals surface area (Å²) in [6, 6.07) is 5.46. The first-order chi connectivity index (χ1) is 9.90. The summed E-state index contributed by atoms with van der Waals surface area (Å²) >= 11 is 0. The molecule has 0 radical (unpaired) electrons. The van der Waals surface area contributed by atoms with Gasteiger partial charge in [-0.25, -0.2) is 4.68 Å². The van der Waals surface area contributed by atoms with Crippen molar-refractivity contribution >= 4 is 23.1 Å². The Bertz CT molecular complexity index is 693. The highest BCUT2D eigenvalue weighted by Gasteiger charge is 2.17. The highest BCUT2D eigenvalue weighted by atomic mass is 16.6. The van der Waals surface area contributed by atoms with Crippen LogP contribution in [0.15, 0.2) is 30.5 Å². The van der Waals surface area contributed by atoms with Gasteiger partial charge in [0.2, 0.25) is 0 Å². The Labute approximate surface area is 120 Å². The third kappa shape index (κ3) is 2.99. The van der Waals surface area contributed by atoms with Crippen LogP contribution < -0.4 is 11.1 Å². The van der Waals surface area contributed by atoms with Crippen LogP contribution in [0, 0.1) is 10.1 Å². The van der Waals surface area contributed by atoms with E-state index in [-0.39, 0.29) is 23.0 Å². The molecule has 1 aromatic heterocycles. The minimum absolute atomic E-state index is 0.0562. The normalized spacial score (nSPS) is 10.6. The third-order valence-electron chi connectivity index (χ3n) is 2.89. The molecule has 0 aliphatic heterocycles. The fourth-order valence-corrected chi connectivity index (χ4v) is 1.86. The van der Waals surface area contributed by atoms with E-state index in [1.807, 2.05) is 13.8 Å². The Kier molecular flexibility index (Phi) is 3.88. The van der Waals surface area contributed by atoms with Crippen molar-refractivity contribution in [1.29, 1.82) is 0 Å². The van der Waals surface area contributed by atoms with E-state index in [4.69, 9.17) is 5.73 Å². The largest absolute Gasteiger partial charge is 0.398 e. The van der Waals surface area contributed by atoms with Gasteiger partial charge in [-0.1, -0.05) is 0 Å². The number of aromatic nitrogens is 2. The van der Waals surface area contributed by atoms with Crippen molar-refractivity contribution in [3.8, 4) is 0 Å². The first kappa shape index (κ1) is 14.5. The van der Waals surface area contributed by atoms with Crippen LogP contribution in [0.4, 0.5) is 17.2 Å². The summed E-state index contributed by atoms with van der Waals surface area (Å²) < 4.78 is 1.63. The molecule has 1 aromatic carbocycles. The van der Waals surface area contributed by atoms with Gasteiger partial charge in [0.05, 0.1) is 16.7 Å². The zero-order valence-corrected chi connectivity index (χ0v) is 11.6. The number of benzene rings is 1. The van der Waals surface area contributed by atoms with E-state index in [1.54, 1.807) is 16.9 Å². The second-order valence-electron chi connectivity index (χ2n) is 4.74. The average Bonchev–Trinajstić information content (AvgIpc) is 2.87. The lowest BCUT2D eigenvalue weighted by atomic mass is 10.1. The molecule has 2 aromatic rings. The number of nitrogens with one attached hydrogen (secondary N) is 1. The predicted molar refractivity (Wildman–Crippen MR) is 78.1 cm³/mol. The van der Waals surface area contributed by atoms with Crippen LogP contribution in [0.2, 0.25) is 0 Å². The summed E-state index contributed by atoms with van der Waals surface area (Å²) in [5, 5.41) is 17.5. The van der Waals surface area contributed by atoms with Crippen LogP contribution >= 0.6 is 0 Å². The van der Waals surface area contributed by atoms with Gasteiger partial charge in [0, 0.05) is 29.9 Å². The maximum Gasteiger partial charge on any atom is 0.270 e. The molecule has 0 spiro atoms. The number of rotatable bonds is 4. The van der Waals surface area contributed by atoms with Crippen molar-refractivity contribution in [3.05, 3.63) is 46.1 Å². The van der Waals surface area contributed by atoms with Crippen LogP contribution in [0.25, 0.3) is 0 Å². The van der Waals surface area contributed by atoms with Crippen LogP contribution in [-0.2, 0) is 0 Å². The topological polar surface area (TPSA) is 116 Å². The van der Waals surface area contributed by atoms with Gasteiger partial charge >= 0.3 is 0 Å². The standard InChI is InChI=1S/C13H15N5O3/c1-8(2)17-12(5-6-15-17)16-13(19)10-7-9(18(20)21)3-4-11(10)14/h3-8H,14H2,1-2H3,(H,16,19). The summed E-state index contributed by atoms with van der Waals surface area (Å²) in [5.74, 6) is -0.0143. The van der Waals surface area contributed by atoms with E-state index in [1.165, 1.54) is 12.1 Å². The third-order valence-corrected chi connectivity index (χ3v) is 2.89. The van der Waals surface area contributed by atoms with Gasteiger partial charge in [-0.05, 0) is 19.9 Å². The van der Waals surface area contributed by atoms with Crippen LogP contribution in [0.5, 0.6) is 0 Å². The van der Waals surface area contributed by atoms with Crippen molar-refractivity contribution in [2.45, 2.75) is 19.9 Å². The number of nitro benzene ring substituents is 1. The highest BCUT2D eigenvalue weighted by Crippen LogP contribution is 2.21. The van der Waals surface area contributed by atoms with Gasteiger partial charge < -0.3 is 11.1 Å². The zero-order valence-electron chi connectivity index (χ0n) is 11.6. The van der Waals surface area contributed by atoms with Crippen molar-refractivity contribution < 1.29 is 9.72 Å². The quantitative estimate of drug-likeness (QED) is 0.508. The van der Waals surface area contributed by atoms with Crippen molar-refractivity contribution in [2.75, 3.05) is 11.1 Å². The molecule has 0 atom stereocenters. The molecule has 2 rings (SSSR count). The maximum absolute atomic E-state index is 12.2. The van der Waals surface area contributed by atoms with E-state index in [0.29, 0.717) is 5.82 Å². The number of nitrogens with two attached hydrogens (primary N) is 1. The number of hydrogen-bond acceptors (Lipinski definition) is 5. The van der Waals surface area contributed by atoms with Gasteiger partial charge in [0.15, 0.2) is 0 Å². The van der Waals surface area contributed by atoms with Gasteiger partial charge in [0.1, 0.15) is 5.82 Å². The monoisotopic (exact) mass is 289 g/mol. The number of amides is 1. The second kappa shape index (κ2) is 5.61. The summed E-state index contributed by atoms with van der Waals surface area (Å²) in [7, 11) is 0. The molecule has 0 saturated heterocycles. The number of nitrogens with zero attached hydrogens (tertiary/aromatic N) is 3. The molecule has 1 amide bonds. The molecule has 8 heteroatoms. The first-order valence-electron chi connectivity index (χ1n) is 6.29. The van der Waals surface area contributed by atoms with Gasteiger partial charge in [-0.15, -0.1) is 0 Å². The number of anilines is 2. The molecule has 3 N–H and O–H groups in total. The molecular weight excluding hydrogens is 274 g/mol. The second-order valence-corrected chi connectivity index (χ2v) is 4.74. The molecule has 1 heterocycles. The lowest BCUT2D eigenvalue weighted by Crippen LogP contribution is -2.18. The summed E-state index contributed by atoms with van der Waals surface area (Å²) in [6.07, 6.45) is 1.56. The lowest BCUT2D eigenvalue weighted by molar-refractivity contribution is -0.384. The Balaban J connectivity index is 2.30. The number of carbonyl (C=O) groups is 1. The minimum atomic E-state index is -0.575. The van der Waals surface area contributed by atoms with Crippen LogP contribution in [0.1, 0.15) is 30.2 Å². The Morgan fingerprint density at radius 3 is 2.76 bits per heavy atom. The summed E-state index contributed by atoms with van der Waals surface area (Å²) in [5.41, 5.74) is 5.75. The number of nitrogen functional groups attached to an aromatic ring is 1. The van der Waals surface area contributed by atoms with E-state index in [9.17, 15) is 14.9 Å². The SMILES string of the molecule is CC(C)n1nccc1NC(=O)c1cc([N+](=O)[O-])ccc1N.